The van der Waals surface area contributed by atoms with E-state index in [0.29, 0.717) is 31.2 Å². The summed E-state index contributed by atoms with van der Waals surface area (Å²) in [5, 5.41) is 3.68. The number of hydrogen-bond donors (Lipinski definition) is 0. The lowest BCUT2D eigenvalue weighted by atomic mass is 10.1. The Morgan fingerprint density at radius 3 is 2.71 bits per heavy atom. The molecule has 3 heterocycles. The van der Waals surface area contributed by atoms with Crippen molar-refractivity contribution in [2.45, 2.75) is 13.5 Å². The standard InChI is InChI=1S/C17H19N3O4/c1-12-14(9-18-24-12)17(21)20-6-4-19(5-7-20)10-13-2-3-15-16(8-13)23-11-22-15/h2-3,8-9H,4-7,10-11H2,1H3. The van der Waals surface area contributed by atoms with Crippen LogP contribution in [-0.4, -0.2) is 53.8 Å². The maximum atomic E-state index is 12.5. The number of rotatable bonds is 3. The Morgan fingerprint density at radius 2 is 1.96 bits per heavy atom. The summed E-state index contributed by atoms with van der Waals surface area (Å²) in [7, 11) is 0. The minimum atomic E-state index is -0.00326. The van der Waals surface area contributed by atoms with Gasteiger partial charge in [0.2, 0.25) is 6.79 Å². The van der Waals surface area contributed by atoms with Gasteiger partial charge in [0.05, 0.1) is 6.20 Å². The number of piperazine rings is 1. The normalized spacial score (nSPS) is 17.3. The number of fused-ring (bicyclic) bond motifs is 1. The van der Waals surface area contributed by atoms with Gasteiger partial charge >= 0.3 is 0 Å². The van der Waals surface area contributed by atoms with E-state index in [0.717, 1.165) is 31.1 Å². The Morgan fingerprint density at radius 1 is 1.17 bits per heavy atom. The van der Waals surface area contributed by atoms with Crippen LogP contribution in [0.4, 0.5) is 0 Å². The van der Waals surface area contributed by atoms with Gasteiger partial charge in [-0.1, -0.05) is 11.2 Å². The molecule has 24 heavy (non-hydrogen) atoms. The minimum Gasteiger partial charge on any atom is -0.454 e. The third kappa shape index (κ3) is 2.82. The van der Waals surface area contributed by atoms with Gasteiger partial charge in [-0.3, -0.25) is 9.69 Å². The van der Waals surface area contributed by atoms with Gasteiger partial charge in [-0.15, -0.1) is 0 Å². The van der Waals surface area contributed by atoms with Crippen molar-refractivity contribution < 1.29 is 18.8 Å². The zero-order valence-electron chi connectivity index (χ0n) is 13.5. The van der Waals surface area contributed by atoms with E-state index in [2.05, 4.69) is 16.1 Å². The highest BCUT2D eigenvalue weighted by molar-refractivity contribution is 5.94. The molecule has 0 bridgehead atoms. The van der Waals surface area contributed by atoms with Crippen molar-refractivity contribution in [1.29, 1.82) is 0 Å². The van der Waals surface area contributed by atoms with Gasteiger partial charge in [-0.2, -0.15) is 0 Å². The summed E-state index contributed by atoms with van der Waals surface area (Å²) in [6.07, 6.45) is 1.50. The first-order chi connectivity index (χ1) is 11.7. The lowest BCUT2D eigenvalue weighted by molar-refractivity contribution is 0.0626. The highest BCUT2D eigenvalue weighted by Crippen LogP contribution is 2.32. The highest BCUT2D eigenvalue weighted by atomic mass is 16.7. The zero-order chi connectivity index (χ0) is 16.5. The molecule has 2 aromatic rings. The maximum absolute atomic E-state index is 12.5. The molecule has 4 rings (SSSR count). The van der Waals surface area contributed by atoms with E-state index in [-0.39, 0.29) is 5.91 Å². The van der Waals surface area contributed by atoms with Crippen molar-refractivity contribution in [3.8, 4) is 11.5 Å². The summed E-state index contributed by atoms with van der Waals surface area (Å²) in [6.45, 7) is 5.97. The predicted octanol–water partition coefficient (Wildman–Crippen LogP) is 1.67. The van der Waals surface area contributed by atoms with Crippen LogP contribution in [0, 0.1) is 6.92 Å². The lowest BCUT2D eigenvalue weighted by Gasteiger charge is -2.34. The van der Waals surface area contributed by atoms with E-state index in [1.807, 2.05) is 17.0 Å². The Kier molecular flexibility index (Phi) is 3.86. The summed E-state index contributed by atoms with van der Waals surface area (Å²) >= 11 is 0. The molecule has 0 radical (unpaired) electrons. The maximum Gasteiger partial charge on any atom is 0.259 e. The number of carbonyl (C=O) groups excluding carboxylic acids is 1. The molecule has 0 N–H and O–H groups in total. The molecule has 1 fully saturated rings. The van der Waals surface area contributed by atoms with Gasteiger partial charge in [0.1, 0.15) is 11.3 Å². The molecule has 0 spiro atoms. The van der Waals surface area contributed by atoms with Gasteiger partial charge < -0.3 is 18.9 Å². The molecule has 1 aromatic carbocycles. The van der Waals surface area contributed by atoms with E-state index >= 15 is 0 Å². The Bertz CT molecular complexity index is 750. The van der Waals surface area contributed by atoms with Crippen LogP contribution in [-0.2, 0) is 6.54 Å². The van der Waals surface area contributed by atoms with Gasteiger partial charge in [0.25, 0.3) is 5.91 Å². The number of aromatic nitrogens is 1. The van der Waals surface area contributed by atoms with Crippen molar-refractivity contribution in [1.82, 2.24) is 15.0 Å². The molecule has 1 saturated heterocycles. The first kappa shape index (κ1) is 15.0. The van der Waals surface area contributed by atoms with Crippen LogP contribution in [0.3, 0.4) is 0 Å². The fraction of sp³-hybridized carbons (Fsp3) is 0.412. The topological polar surface area (TPSA) is 68.0 Å². The van der Waals surface area contributed by atoms with Crippen molar-refractivity contribution in [2.24, 2.45) is 0 Å². The zero-order valence-corrected chi connectivity index (χ0v) is 13.5. The third-order valence-electron chi connectivity index (χ3n) is 4.48. The number of aryl methyl sites for hydroxylation is 1. The van der Waals surface area contributed by atoms with E-state index in [4.69, 9.17) is 14.0 Å². The van der Waals surface area contributed by atoms with Gasteiger partial charge in [-0.05, 0) is 24.6 Å². The van der Waals surface area contributed by atoms with Crippen molar-refractivity contribution >= 4 is 5.91 Å². The Labute approximate surface area is 139 Å². The molecule has 0 aliphatic carbocycles. The second-order valence-electron chi connectivity index (χ2n) is 6.05. The van der Waals surface area contributed by atoms with Gasteiger partial charge in [0, 0.05) is 32.7 Å². The number of hydrogen-bond acceptors (Lipinski definition) is 6. The number of ether oxygens (including phenoxy) is 2. The van der Waals surface area contributed by atoms with Crippen molar-refractivity contribution in [3.63, 3.8) is 0 Å². The Balaban J connectivity index is 1.35. The molecule has 1 aromatic heterocycles. The summed E-state index contributed by atoms with van der Waals surface area (Å²) in [4.78, 5) is 16.6. The summed E-state index contributed by atoms with van der Waals surface area (Å²) in [5.41, 5.74) is 1.74. The quantitative estimate of drug-likeness (QED) is 0.853. The SMILES string of the molecule is Cc1oncc1C(=O)N1CCN(Cc2ccc3c(c2)OCO3)CC1. The van der Waals surface area contributed by atoms with Gasteiger partial charge in [0.15, 0.2) is 11.5 Å². The van der Waals surface area contributed by atoms with E-state index in [9.17, 15) is 4.79 Å². The monoisotopic (exact) mass is 329 g/mol. The van der Waals surface area contributed by atoms with Crippen LogP contribution in [0.25, 0.3) is 0 Å². The van der Waals surface area contributed by atoms with Crippen LogP contribution in [0.1, 0.15) is 21.7 Å². The highest BCUT2D eigenvalue weighted by Gasteiger charge is 2.25. The van der Waals surface area contributed by atoms with E-state index in [1.54, 1.807) is 6.92 Å². The smallest absolute Gasteiger partial charge is 0.259 e. The van der Waals surface area contributed by atoms with Crippen LogP contribution >= 0.6 is 0 Å². The largest absolute Gasteiger partial charge is 0.454 e. The van der Waals surface area contributed by atoms with Crippen LogP contribution in [0.2, 0.25) is 0 Å². The number of benzene rings is 1. The lowest BCUT2D eigenvalue weighted by Crippen LogP contribution is -2.48. The average Bonchev–Trinajstić information content (AvgIpc) is 3.23. The number of amides is 1. The number of nitrogens with zero attached hydrogens (tertiary/aromatic N) is 3. The fourth-order valence-electron chi connectivity index (χ4n) is 3.08. The first-order valence-electron chi connectivity index (χ1n) is 8.02. The average molecular weight is 329 g/mol. The summed E-state index contributed by atoms with van der Waals surface area (Å²) < 4.78 is 15.7. The minimum absolute atomic E-state index is 0.00326. The number of carbonyl (C=O) groups is 1. The van der Waals surface area contributed by atoms with Crippen molar-refractivity contribution in [2.75, 3.05) is 33.0 Å². The van der Waals surface area contributed by atoms with Crippen LogP contribution in [0.5, 0.6) is 11.5 Å². The molecule has 126 valence electrons. The summed E-state index contributed by atoms with van der Waals surface area (Å²) in [5.74, 6) is 2.18. The molecule has 0 saturated carbocycles. The molecule has 1 amide bonds. The molecule has 2 aliphatic heterocycles. The second-order valence-corrected chi connectivity index (χ2v) is 6.05. The second kappa shape index (κ2) is 6.16. The molecule has 0 unspecified atom stereocenters. The van der Waals surface area contributed by atoms with Crippen LogP contribution < -0.4 is 9.47 Å². The fourth-order valence-corrected chi connectivity index (χ4v) is 3.08. The third-order valence-corrected chi connectivity index (χ3v) is 4.48. The molecular formula is C17H19N3O4. The molecule has 7 heteroatoms. The van der Waals surface area contributed by atoms with Gasteiger partial charge in [-0.25, -0.2) is 0 Å². The molecule has 7 nitrogen and oxygen atoms in total. The Hall–Kier alpha value is -2.54. The van der Waals surface area contributed by atoms with Crippen molar-refractivity contribution in [3.05, 3.63) is 41.3 Å². The molecular weight excluding hydrogens is 310 g/mol. The molecule has 0 atom stereocenters. The van der Waals surface area contributed by atoms with Crippen LogP contribution in [0.15, 0.2) is 28.9 Å². The van der Waals surface area contributed by atoms with E-state index < -0.39 is 0 Å². The molecule has 2 aliphatic rings. The summed E-state index contributed by atoms with van der Waals surface area (Å²) in [6, 6.07) is 6.04. The van der Waals surface area contributed by atoms with E-state index in [1.165, 1.54) is 11.8 Å². The predicted molar refractivity (Wildman–Crippen MR) is 85.0 cm³/mol. The first-order valence-corrected chi connectivity index (χ1v) is 8.02.